The average Bonchev–Trinajstić information content (AvgIpc) is 3.38. The molecule has 0 unspecified atom stereocenters. The summed E-state index contributed by atoms with van der Waals surface area (Å²) in [6.45, 7) is -1.01. The van der Waals surface area contributed by atoms with Gasteiger partial charge in [-0.25, -0.2) is 9.67 Å². The van der Waals surface area contributed by atoms with Gasteiger partial charge < -0.3 is 4.74 Å². The van der Waals surface area contributed by atoms with Crippen molar-refractivity contribution in [1.82, 2.24) is 25.2 Å². The van der Waals surface area contributed by atoms with Crippen LogP contribution in [0, 0.1) is 6.92 Å². The topological polar surface area (TPSA) is 94.8 Å². The fraction of sp³-hybridized carbons (Fsp3) is 0.105. The summed E-state index contributed by atoms with van der Waals surface area (Å²) in [4.78, 5) is 18.0. The van der Waals surface area contributed by atoms with Gasteiger partial charge in [-0.05, 0) is 59.8 Å². The second-order valence-electron chi connectivity index (χ2n) is 6.09. The Hall–Kier alpha value is -3.73. The smallest absolute Gasteiger partial charge is 0.387 e. The zero-order valence-corrected chi connectivity index (χ0v) is 16.3. The van der Waals surface area contributed by atoms with E-state index in [4.69, 9.17) is 0 Å². The van der Waals surface area contributed by atoms with Gasteiger partial charge in [0.15, 0.2) is 5.13 Å². The molecule has 2 aromatic heterocycles. The monoisotopic (exact) mass is 428 g/mol. The number of amides is 1. The Morgan fingerprint density at radius 3 is 2.70 bits per heavy atom. The third-order valence-corrected chi connectivity index (χ3v) is 4.98. The van der Waals surface area contributed by atoms with Gasteiger partial charge in [-0.3, -0.25) is 10.1 Å². The van der Waals surface area contributed by atoms with E-state index in [-0.39, 0.29) is 11.7 Å². The lowest BCUT2D eigenvalue weighted by Gasteiger charge is -2.05. The van der Waals surface area contributed by atoms with Gasteiger partial charge in [-0.15, -0.1) is 16.4 Å². The summed E-state index contributed by atoms with van der Waals surface area (Å²) in [7, 11) is 0. The molecule has 0 aliphatic rings. The quantitative estimate of drug-likeness (QED) is 0.500. The second kappa shape index (κ2) is 8.33. The van der Waals surface area contributed by atoms with Crippen molar-refractivity contribution in [3.63, 3.8) is 0 Å². The minimum Gasteiger partial charge on any atom is -0.435 e. The molecule has 0 saturated heterocycles. The van der Waals surface area contributed by atoms with E-state index in [2.05, 4.69) is 30.6 Å². The molecule has 2 heterocycles. The first kappa shape index (κ1) is 19.6. The largest absolute Gasteiger partial charge is 0.435 e. The Morgan fingerprint density at radius 1 is 1.20 bits per heavy atom. The van der Waals surface area contributed by atoms with Gasteiger partial charge in [-0.2, -0.15) is 8.78 Å². The maximum atomic E-state index is 12.6. The number of anilines is 1. The van der Waals surface area contributed by atoms with E-state index in [1.165, 1.54) is 34.5 Å². The SMILES string of the molecule is Cc1sc(NC(=O)c2cccc(-n3cnnn3)c2)nc1-c1ccc(OC(F)F)cc1. The zero-order chi connectivity index (χ0) is 21.1. The predicted molar refractivity (Wildman–Crippen MR) is 106 cm³/mol. The summed E-state index contributed by atoms with van der Waals surface area (Å²) in [6, 6.07) is 13.0. The molecule has 0 spiro atoms. The van der Waals surface area contributed by atoms with Crippen LogP contribution in [-0.4, -0.2) is 37.7 Å². The van der Waals surface area contributed by atoms with E-state index in [0.717, 1.165) is 10.4 Å². The van der Waals surface area contributed by atoms with E-state index >= 15 is 0 Å². The number of alkyl halides is 2. The molecule has 0 saturated carbocycles. The maximum Gasteiger partial charge on any atom is 0.387 e. The van der Waals surface area contributed by atoms with Crippen molar-refractivity contribution in [3.05, 3.63) is 65.3 Å². The molecular formula is C19H14F2N6O2S. The number of thiazole rings is 1. The Bertz CT molecular complexity index is 1160. The average molecular weight is 428 g/mol. The molecule has 2 aromatic carbocycles. The summed E-state index contributed by atoms with van der Waals surface area (Å²) in [5.41, 5.74) is 2.45. The highest BCUT2D eigenvalue weighted by Crippen LogP contribution is 2.31. The van der Waals surface area contributed by atoms with Crippen molar-refractivity contribution in [3.8, 4) is 22.7 Å². The number of tetrazole rings is 1. The molecular weight excluding hydrogens is 414 g/mol. The molecule has 1 amide bonds. The van der Waals surface area contributed by atoms with Crippen LogP contribution >= 0.6 is 11.3 Å². The first-order valence-electron chi connectivity index (χ1n) is 8.67. The lowest BCUT2D eigenvalue weighted by atomic mass is 10.1. The Morgan fingerprint density at radius 2 is 2.00 bits per heavy atom. The fourth-order valence-corrected chi connectivity index (χ4v) is 3.58. The number of hydrogen-bond acceptors (Lipinski definition) is 7. The molecule has 4 rings (SSSR count). The van der Waals surface area contributed by atoms with E-state index in [1.807, 2.05) is 6.92 Å². The summed E-state index contributed by atoms with van der Waals surface area (Å²) >= 11 is 1.32. The zero-order valence-electron chi connectivity index (χ0n) is 15.5. The van der Waals surface area contributed by atoms with Gasteiger partial charge in [0, 0.05) is 16.0 Å². The summed E-state index contributed by atoms with van der Waals surface area (Å²) in [5, 5.41) is 14.2. The molecule has 0 atom stereocenters. The van der Waals surface area contributed by atoms with Gasteiger partial charge in [-0.1, -0.05) is 6.07 Å². The minimum absolute atomic E-state index is 0.0672. The molecule has 30 heavy (non-hydrogen) atoms. The number of benzene rings is 2. The van der Waals surface area contributed by atoms with E-state index in [0.29, 0.717) is 22.1 Å². The van der Waals surface area contributed by atoms with Crippen molar-refractivity contribution in [2.45, 2.75) is 13.5 Å². The third kappa shape index (κ3) is 4.30. The molecule has 0 aliphatic carbocycles. The van der Waals surface area contributed by atoms with Crippen LogP contribution in [0.3, 0.4) is 0 Å². The van der Waals surface area contributed by atoms with Crippen molar-refractivity contribution in [2.75, 3.05) is 5.32 Å². The van der Waals surface area contributed by atoms with Crippen LogP contribution in [0.15, 0.2) is 54.9 Å². The Kier molecular flexibility index (Phi) is 5.44. The normalized spacial score (nSPS) is 10.9. The lowest BCUT2D eigenvalue weighted by Crippen LogP contribution is -2.12. The molecule has 4 aromatic rings. The van der Waals surface area contributed by atoms with Crippen molar-refractivity contribution >= 4 is 22.4 Å². The molecule has 0 aliphatic heterocycles. The van der Waals surface area contributed by atoms with Crippen LogP contribution in [0.2, 0.25) is 0 Å². The second-order valence-corrected chi connectivity index (χ2v) is 7.29. The predicted octanol–water partition coefficient (Wildman–Crippen LogP) is 3.95. The van der Waals surface area contributed by atoms with Crippen molar-refractivity contribution < 1.29 is 18.3 Å². The van der Waals surface area contributed by atoms with Crippen LogP contribution in [0.5, 0.6) is 5.75 Å². The maximum absolute atomic E-state index is 12.6. The Balaban J connectivity index is 1.51. The number of ether oxygens (including phenoxy) is 1. The number of hydrogen-bond donors (Lipinski definition) is 1. The van der Waals surface area contributed by atoms with Gasteiger partial charge >= 0.3 is 6.61 Å². The number of carbonyl (C=O) groups is 1. The fourth-order valence-electron chi connectivity index (χ4n) is 2.75. The number of nitrogens with one attached hydrogen (secondary N) is 1. The van der Waals surface area contributed by atoms with E-state index in [1.54, 1.807) is 36.4 Å². The molecule has 152 valence electrons. The van der Waals surface area contributed by atoms with Crippen LogP contribution in [-0.2, 0) is 0 Å². The van der Waals surface area contributed by atoms with Gasteiger partial charge in [0.1, 0.15) is 12.1 Å². The van der Waals surface area contributed by atoms with Crippen LogP contribution in [0.1, 0.15) is 15.2 Å². The lowest BCUT2D eigenvalue weighted by molar-refractivity contribution is -0.0498. The van der Waals surface area contributed by atoms with Crippen molar-refractivity contribution in [1.29, 1.82) is 0 Å². The van der Waals surface area contributed by atoms with Crippen LogP contribution in [0.25, 0.3) is 16.9 Å². The Labute approximate surface area is 173 Å². The van der Waals surface area contributed by atoms with E-state index < -0.39 is 6.61 Å². The highest BCUT2D eigenvalue weighted by molar-refractivity contribution is 7.16. The van der Waals surface area contributed by atoms with Crippen molar-refractivity contribution in [2.24, 2.45) is 0 Å². The number of aryl methyl sites for hydroxylation is 1. The molecule has 8 nitrogen and oxygen atoms in total. The van der Waals surface area contributed by atoms with Gasteiger partial charge in [0.2, 0.25) is 0 Å². The number of aromatic nitrogens is 5. The molecule has 0 bridgehead atoms. The van der Waals surface area contributed by atoms with Crippen LogP contribution in [0.4, 0.5) is 13.9 Å². The highest BCUT2D eigenvalue weighted by atomic mass is 32.1. The molecule has 11 heteroatoms. The standard InChI is InChI=1S/C19H14F2N6O2S/c1-11-16(12-5-7-15(8-6-12)29-18(20)21)23-19(30-11)24-17(28)13-3-2-4-14(9-13)27-10-22-25-26-27/h2-10,18H,1H3,(H,23,24,28). The van der Waals surface area contributed by atoms with Gasteiger partial charge in [0.05, 0.1) is 11.4 Å². The number of carbonyl (C=O) groups excluding carboxylic acids is 1. The minimum atomic E-state index is -2.88. The molecule has 0 fully saturated rings. The first-order valence-corrected chi connectivity index (χ1v) is 9.49. The molecule has 1 N–H and O–H groups in total. The number of nitrogens with zero attached hydrogens (tertiary/aromatic N) is 5. The number of halogens is 2. The third-order valence-electron chi connectivity index (χ3n) is 4.09. The highest BCUT2D eigenvalue weighted by Gasteiger charge is 2.14. The van der Waals surface area contributed by atoms with Gasteiger partial charge in [0.25, 0.3) is 5.91 Å². The number of rotatable bonds is 6. The summed E-state index contributed by atoms with van der Waals surface area (Å²) in [5.74, 6) is -0.261. The van der Waals surface area contributed by atoms with Crippen LogP contribution < -0.4 is 10.1 Å². The summed E-state index contributed by atoms with van der Waals surface area (Å²) in [6.07, 6.45) is 1.44. The summed E-state index contributed by atoms with van der Waals surface area (Å²) < 4.78 is 30.4. The molecule has 0 radical (unpaired) electrons. The first-order chi connectivity index (χ1) is 14.5. The van der Waals surface area contributed by atoms with E-state index in [9.17, 15) is 13.6 Å².